The summed E-state index contributed by atoms with van der Waals surface area (Å²) in [5, 5.41) is 11.8. The van der Waals surface area contributed by atoms with Crippen LogP contribution in [-0.4, -0.2) is 44.2 Å². The minimum Gasteiger partial charge on any atom is -0.395 e. The number of nitrogens with one attached hydrogen (secondary N) is 1. The van der Waals surface area contributed by atoms with Crippen LogP contribution in [0.3, 0.4) is 0 Å². The van der Waals surface area contributed by atoms with E-state index in [2.05, 4.69) is 81.3 Å². The maximum atomic E-state index is 8.88. The zero-order valence-electron chi connectivity index (χ0n) is 21.3. The van der Waals surface area contributed by atoms with E-state index in [1.165, 1.54) is 16.7 Å². The predicted octanol–water partition coefficient (Wildman–Crippen LogP) is 5.07. The quantitative estimate of drug-likeness (QED) is 0.375. The van der Waals surface area contributed by atoms with E-state index in [9.17, 15) is 0 Å². The molecule has 0 heterocycles. The first-order valence-corrected chi connectivity index (χ1v) is 12.5. The van der Waals surface area contributed by atoms with Crippen LogP contribution in [0.2, 0.25) is 0 Å². The number of rotatable bonds is 9. The molecule has 0 fully saturated rings. The lowest BCUT2D eigenvalue weighted by Gasteiger charge is -2.27. The zero-order chi connectivity index (χ0) is 26.3. The van der Waals surface area contributed by atoms with E-state index in [1.54, 1.807) is 0 Å². The third-order valence-corrected chi connectivity index (χ3v) is 6.07. The molecule has 0 saturated heterocycles. The topological polar surface area (TPSA) is 108 Å². The Kier molecular flexibility index (Phi) is 11.0. The largest absolute Gasteiger partial charge is 0.395 e. The highest BCUT2D eigenvalue weighted by Crippen LogP contribution is 2.20. The van der Waals surface area contributed by atoms with Crippen molar-refractivity contribution < 1.29 is 14.7 Å². The lowest BCUT2D eigenvalue weighted by atomic mass is 10.00. The minimum atomic E-state index is 0.107. The van der Waals surface area contributed by atoms with Gasteiger partial charge in [0.15, 0.2) is 0 Å². The van der Waals surface area contributed by atoms with E-state index in [-0.39, 0.29) is 6.61 Å². The van der Waals surface area contributed by atoms with Crippen molar-refractivity contribution in [3.05, 3.63) is 130 Å². The maximum absolute atomic E-state index is 8.88. The molecule has 2 aromatic rings. The number of nitrogens with zero attached hydrogens (tertiary/aromatic N) is 5. The van der Waals surface area contributed by atoms with Crippen molar-refractivity contribution in [1.82, 2.24) is 10.2 Å². The molecule has 2 aliphatic rings. The Morgan fingerprint density at radius 1 is 0.838 bits per heavy atom. The van der Waals surface area contributed by atoms with Gasteiger partial charge in [-0.3, -0.25) is 0 Å². The summed E-state index contributed by atoms with van der Waals surface area (Å²) in [4.78, 5) is 8.79. The Hall–Kier alpha value is -4.28. The molecular weight excluding hydrogens is 460 g/mol. The van der Waals surface area contributed by atoms with Crippen molar-refractivity contribution in [2.75, 3.05) is 13.2 Å². The summed E-state index contributed by atoms with van der Waals surface area (Å²) in [5.74, 6) is 0. The number of benzene rings is 2. The monoisotopic (exact) mass is 494 g/mol. The van der Waals surface area contributed by atoms with Gasteiger partial charge in [-0.15, -0.1) is 0 Å². The first-order valence-electron chi connectivity index (χ1n) is 12.5. The fourth-order valence-corrected chi connectivity index (χ4v) is 4.12. The average molecular weight is 495 g/mol. The Balaban J connectivity index is 0.000000233. The van der Waals surface area contributed by atoms with Crippen molar-refractivity contribution in [1.29, 1.82) is 0 Å². The number of allylic oxidation sites excluding steroid dienone is 7. The molecule has 190 valence electrons. The summed E-state index contributed by atoms with van der Waals surface area (Å²) in [7, 11) is 0. The summed E-state index contributed by atoms with van der Waals surface area (Å²) < 4.78 is 0. The first kappa shape index (κ1) is 27.3. The molecule has 0 aliphatic heterocycles. The molecule has 0 saturated carbocycles. The molecule has 2 aromatic carbocycles. The summed E-state index contributed by atoms with van der Waals surface area (Å²) in [6.07, 6.45) is 12.0. The van der Waals surface area contributed by atoms with Gasteiger partial charge < -0.3 is 26.4 Å². The summed E-state index contributed by atoms with van der Waals surface area (Å²) in [6.45, 7) is 4.40. The van der Waals surface area contributed by atoms with Crippen molar-refractivity contribution >= 4 is 11.4 Å². The molecule has 0 radical (unpaired) electrons. The molecular formula is C30H34N6O. The fraction of sp³-hybridized carbons (Fsp3) is 0.267. The van der Waals surface area contributed by atoms with Crippen LogP contribution in [0.15, 0.2) is 108 Å². The molecule has 0 atom stereocenters. The average Bonchev–Trinajstić information content (AvgIpc) is 2.97. The van der Waals surface area contributed by atoms with Crippen molar-refractivity contribution in [2.45, 2.75) is 39.3 Å². The normalized spacial score (nSPS) is 14.3. The second kappa shape index (κ2) is 15.0. The van der Waals surface area contributed by atoms with Gasteiger partial charge in [-0.05, 0) is 41.3 Å². The molecule has 37 heavy (non-hydrogen) atoms. The third-order valence-electron chi connectivity index (χ3n) is 6.07. The zero-order valence-corrected chi connectivity index (χ0v) is 21.3. The van der Waals surface area contributed by atoms with Crippen LogP contribution in [0.1, 0.15) is 37.3 Å². The van der Waals surface area contributed by atoms with Gasteiger partial charge in [0.25, 0.3) is 11.4 Å². The Morgan fingerprint density at radius 2 is 1.43 bits per heavy atom. The van der Waals surface area contributed by atoms with Crippen LogP contribution in [0.4, 0.5) is 0 Å². The van der Waals surface area contributed by atoms with E-state index in [4.69, 9.17) is 16.2 Å². The van der Waals surface area contributed by atoms with Gasteiger partial charge in [0.05, 0.1) is 19.4 Å². The molecule has 0 unspecified atom stereocenters. The minimum absolute atomic E-state index is 0.107. The second-order valence-corrected chi connectivity index (χ2v) is 8.69. The smallest absolute Gasteiger partial charge is 0.297 e. The fourth-order valence-electron chi connectivity index (χ4n) is 4.12. The van der Waals surface area contributed by atoms with Crippen LogP contribution in [0, 0.1) is 0 Å². The molecule has 0 spiro atoms. The molecule has 7 nitrogen and oxygen atoms in total. The third kappa shape index (κ3) is 8.71. The van der Waals surface area contributed by atoms with Crippen LogP contribution in [0.5, 0.6) is 0 Å². The molecule has 4 rings (SSSR count). The molecule has 2 aliphatic carbocycles. The highest BCUT2D eigenvalue weighted by atomic mass is 16.3. The first-order chi connectivity index (χ1) is 18.2. The van der Waals surface area contributed by atoms with Crippen LogP contribution in [-0.2, 0) is 13.1 Å². The molecule has 0 bridgehead atoms. The van der Waals surface area contributed by atoms with E-state index < -0.39 is 0 Å². The van der Waals surface area contributed by atoms with E-state index in [0.717, 1.165) is 30.9 Å². The Labute approximate surface area is 219 Å². The number of hydrogen-bond donors (Lipinski definition) is 2. The molecule has 0 amide bonds. The standard InChI is InChI=1S/C20H19N3.C10H15N3O/c21-22-19-11-13-20(14-12-19)23(15-17-7-3-1-4-8-17)16-18-9-5-2-6-10-18;1-2-8-3-4-9(13-11)7-10(8)12-5-6-14/h1-11,13-14H,12,15-16H2;3-4,12,14H,2,5-7H2,1H3. The number of aliphatic hydroxyl groups excluding tert-OH is 1. The van der Waals surface area contributed by atoms with Gasteiger partial charge in [0.1, 0.15) is 0 Å². The van der Waals surface area contributed by atoms with Gasteiger partial charge in [-0.1, -0.05) is 67.6 Å². The van der Waals surface area contributed by atoms with E-state index in [0.29, 0.717) is 30.8 Å². The van der Waals surface area contributed by atoms with Gasteiger partial charge in [-0.2, -0.15) is 9.58 Å². The number of aliphatic hydroxyl groups is 1. The lowest BCUT2D eigenvalue weighted by molar-refractivity contribution is -0.00613. The number of hydrogen-bond acceptors (Lipinski definition) is 3. The van der Waals surface area contributed by atoms with Crippen LogP contribution in [0.25, 0.3) is 11.1 Å². The SMILES string of the molecule is CCC1=C(NCCO)CC(=[N+]=[N-])C=C1.[N-]=[N+]=C1C=CC(N(Cc2ccccc2)Cc2ccccc2)=CC1. The Bertz CT molecular complexity index is 1210. The summed E-state index contributed by atoms with van der Waals surface area (Å²) in [6, 6.07) is 20.9. The van der Waals surface area contributed by atoms with Gasteiger partial charge in [0, 0.05) is 43.2 Å². The maximum Gasteiger partial charge on any atom is 0.297 e. The Morgan fingerprint density at radius 3 is 1.92 bits per heavy atom. The highest BCUT2D eigenvalue weighted by Gasteiger charge is 2.16. The van der Waals surface area contributed by atoms with E-state index in [1.807, 2.05) is 36.4 Å². The van der Waals surface area contributed by atoms with E-state index >= 15 is 0 Å². The second-order valence-electron chi connectivity index (χ2n) is 8.69. The highest BCUT2D eigenvalue weighted by molar-refractivity contribution is 5.94. The van der Waals surface area contributed by atoms with Crippen LogP contribution >= 0.6 is 0 Å². The van der Waals surface area contributed by atoms with Gasteiger partial charge in [0.2, 0.25) is 0 Å². The van der Waals surface area contributed by atoms with Gasteiger partial charge in [-0.25, -0.2) is 0 Å². The van der Waals surface area contributed by atoms with Crippen LogP contribution < -0.4 is 5.32 Å². The van der Waals surface area contributed by atoms with Gasteiger partial charge >= 0.3 is 0 Å². The summed E-state index contributed by atoms with van der Waals surface area (Å²) in [5.41, 5.74) is 24.8. The van der Waals surface area contributed by atoms with Crippen molar-refractivity contribution in [3.63, 3.8) is 0 Å². The molecule has 2 N–H and O–H groups in total. The predicted molar refractivity (Wildman–Crippen MR) is 147 cm³/mol. The van der Waals surface area contributed by atoms with Crippen molar-refractivity contribution in [2.24, 2.45) is 0 Å². The molecule has 7 heteroatoms. The van der Waals surface area contributed by atoms with Crippen molar-refractivity contribution in [3.8, 4) is 0 Å². The molecule has 0 aromatic heterocycles. The lowest BCUT2D eigenvalue weighted by Crippen LogP contribution is -2.23. The summed E-state index contributed by atoms with van der Waals surface area (Å²) >= 11 is 0.